The Bertz CT molecular complexity index is 686. The molecule has 3 aromatic rings. The first-order valence-corrected chi connectivity index (χ1v) is 6.72. The predicted octanol–water partition coefficient (Wildman–Crippen LogP) is 4.41. The maximum absolute atomic E-state index is 6.31. The van der Waals surface area contributed by atoms with E-state index in [1.807, 2.05) is 24.3 Å². The van der Waals surface area contributed by atoms with Crippen LogP contribution in [-0.4, -0.2) is 11.5 Å². The Morgan fingerprint density at radius 1 is 1.05 bits per heavy atom. The number of hydrogen-bond donors (Lipinski definition) is 2. The van der Waals surface area contributed by atoms with Crippen LogP contribution in [0.15, 0.2) is 48.5 Å². The molecule has 2 aromatic carbocycles. The summed E-state index contributed by atoms with van der Waals surface area (Å²) < 4.78 is 0. The molecule has 0 saturated heterocycles. The van der Waals surface area contributed by atoms with Gasteiger partial charge >= 0.3 is 0 Å². The van der Waals surface area contributed by atoms with Crippen molar-refractivity contribution >= 4 is 34.9 Å². The quantitative estimate of drug-likeness (QED) is 0.739. The molecule has 1 heterocycles. The minimum absolute atomic E-state index is 0. The number of para-hydroxylation sites is 1. The molecule has 0 aliphatic rings. The molecule has 0 bridgehead atoms. The second-order valence-corrected chi connectivity index (χ2v) is 5.03. The van der Waals surface area contributed by atoms with Crippen molar-refractivity contribution in [1.82, 2.24) is 4.98 Å². The van der Waals surface area contributed by atoms with E-state index in [0.29, 0.717) is 6.54 Å². The Hall–Kier alpha value is -1.48. The molecule has 0 aliphatic heterocycles. The van der Waals surface area contributed by atoms with Gasteiger partial charge in [-0.2, -0.15) is 0 Å². The number of aromatic amines is 1. The number of H-pyrrole nitrogens is 1. The molecule has 2 nitrogen and oxygen atoms in total. The monoisotopic (exact) mass is 306 g/mol. The van der Waals surface area contributed by atoms with E-state index < -0.39 is 0 Å². The summed E-state index contributed by atoms with van der Waals surface area (Å²) in [7, 11) is 0. The molecule has 1 aromatic heterocycles. The van der Waals surface area contributed by atoms with Crippen LogP contribution in [0, 0.1) is 0 Å². The zero-order chi connectivity index (χ0) is 13.2. The lowest BCUT2D eigenvalue weighted by Gasteiger charge is -2.05. The fraction of sp³-hybridized carbons (Fsp3) is 0.125. The van der Waals surface area contributed by atoms with E-state index in [-0.39, 0.29) is 12.4 Å². The van der Waals surface area contributed by atoms with Gasteiger partial charge in [-0.05, 0) is 42.8 Å². The number of nitrogens with one attached hydrogen (secondary N) is 1. The highest BCUT2D eigenvalue weighted by molar-refractivity contribution is 6.33. The van der Waals surface area contributed by atoms with Crippen molar-refractivity contribution in [2.45, 2.75) is 6.42 Å². The minimum atomic E-state index is 0. The summed E-state index contributed by atoms with van der Waals surface area (Å²) in [5.41, 5.74) is 10.0. The van der Waals surface area contributed by atoms with E-state index >= 15 is 0 Å². The molecule has 0 unspecified atom stereocenters. The van der Waals surface area contributed by atoms with Gasteiger partial charge in [0.25, 0.3) is 0 Å². The first-order chi connectivity index (χ1) is 9.28. The largest absolute Gasteiger partial charge is 0.354 e. The van der Waals surface area contributed by atoms with Gasteiger partial charge in [0.15, 0.2) is 0 Å². The zero-order valence-electron chi connectivity index (χ0n) is 10.9. The van der Waals surface area contributed by atoms with Gasteiger partial charge in [-0.1, -0.05) is 35.9 Å². The molecule has 0 radical (unpaired) electrons. The number of hydrogen-bond acceptors (Lipinski definition) is 1. The Balaban J connectivity index is 0.00000147. The summed E-state index contributed by atoms with van der Waals surface area (Å²) in [4.78, 5) is 3.41. The summed E-state index contributed by atoms with van der Waals surface area (Å²) >= 11 is 6.31. The van der Waals surface area contributed by atoms with Gasteiger partial charge in [0.1, 0.15) is 0 Å². The molecule has 4 heteroatoms. The normalized spacial score (nSPS) is 10.5. The maximum atomic E-state index is 6.31. The average molecular weight is 307 g/mol. The van der Waals surface area contributed by atoms with Gasteiger partial charge in [0.2, 0.25) is 0 Å². The number of rotatable bonds is 3. The van der Waals surface area contributed by atoms with Crippen LogP contribution < -0.4 is 5.73 Å². The van der Waals surface area contributed by atoms with Crippen LogP contribution in [0.5, 0.6) is 0 Å². The van der Waals surface area contributed by atoms with Crippen LogP contribution in [0.1, 0.15) is 5.56 Å². The fourth-order valence-corrected chi connectivity index (χ4v) is 2.54. The molecule has 0 amide bonds. The minimum Gasteiger partial charge on any atom is -0.354 e. The lowest BCUT2D eigenvalue weighted by Crippen LogP contribution is -2.02. The Kier molecular flexibility index (Phi) is 4.71. The van der Waals surface area contributed by atoms with Gasteiger partial charge in [0, 0.05) is 27.2 Å². The molecule has 0 aliphatic carbocycles. The van der Waals surface area contributed by atoms with Crippen molar-refractivity contribution in [3.63, 3.8) is 0 Å². The van der Waals surface area contributed by atoms with Crippen molar-refractivity contribution in [3.05, 3.63) is 59.1 Å². The van der Waals surface area contributed by atoms with Crippen LogP contribution in [0.4, 0.5) is 0 Å². The molecular formula is C16H16Cl2N2. The Labute approximate surface area is 129 Å². The molecule has 3 N–H and O–H groups in total. The van der Waals surface area contributed by atoms with E-state index in [9.17, 15) is 0 Å². The number of aromatic nitrogens is 1. The SMILES string of the molecule is Cl.NCCc1ccc(Cl)c(-c2cc3ccccc3[nH]2)c1. The van der Waals surface area contributed by atoms with E-state index in [4.69, 9.17) is 17.3 Å². The molecule has 104 valence electrons. The lowest BCUT2D eigenvalue weighted by atomic mass is 10.1. The van der Waals surface area contributed by atoms with Gasteiger partial charge in [-0.25, -0.2) is 0 Å². The average Bonchev–Trinajstić information content (AvgIpc) is 2.85. The first kappa shape index (κ1) is 14.9. The van der Waals surface area contributed by atoms with Gasteiger partial charge in [0.05, 0.1) is 0 Å². The standard InChI is InChI=1S/C16H15ClN2.ClH/c17-14-6-5-11(7-8-18)9-13(14)16-10-12-3-1-2-4-15(12)19-16;/h1-6,9-10,19H,7-8,18H2;1H. The summed E-state index contributed by atoms with van der Waals surface area (Å²) in [6.07, 6.45) is 0.865. The second kappa shape index (κ2) is 6.31. The van der Waals surface area contributed by atoms with Gasteiger partial charge in [-0.15, -0.1) is 12.4 Å². The van der Waals surface area contributed by atoms with E-state index in [1.165, 1.54) is 10.9 Å². The van der Waals surface area contributed by atoms with Crippen LogP contribution in [0.25, 0.3) is 22.2 Å². The Morgan fingerprint density at radius 3 is 2.60 bits per heavy atom. The van der Waals surface area contributed by atoms with Crippen LogP contribution in [-0.2, 0) is 6.42 Å². The third-order valence-electron chi connectivity index (χ3n) is 3.28. The van der Waals surface area contributed by atoms with Crippen LogP contribution in [0.3, 0.4) is 0 Å². The van der Waals surface area contributed by atoms with Crippen LogP contribution >= 0.6 is 24.0 Å². The predicted molar refractivity (Wildman–Crippen MR) is 88.8 cm³/mol. The highest BCUT2D eigenvalue weighted by atomic mass is 35.5. The highest BCUT2D eigenvalue weighted by Crippen LogP contribution is 2.30. The number of fused-ring (bicyclic) bond motifs is 1. The van der Waals surface area contributed by atoms with Crippen LogP contribution in [0.2, 0.25) is 5.02 Å². The Morgan fingerprint density at radius 2 is 1.85 bits per heavy atom. The molecule has 20 heavy (non-hydrogen) atoms. The zero-order valence-corrected chi connectivity index (χ0v) is 12.5. The molecule has 0 spiro atoms. The summed E-state index contributed by atoms with van der Waals surface area (Å²) in [5, 5.41) is 1.95. The van der Waals surface area contributed by atoms with E-state index in [1.54, 1.807) is 0 Å². The van der Waals surface area contributed by atoms with Crippen molar-refractivity contribution in [2.75, 3.05) is 6.54 Å². The third kappa shape index (κ3) is 2.83. The number of nitrogens with two attached hydrogens (primary N) is 1. The van der Waals surface area contributed by atoms with Crippen molar-refractivity contribution < 1.29 is 0 Å². The van der Waals surface area contributed by atoms with E-state index in [2.05, 4.69) is 29.2 Å². The lowest BCUT2D eigenvalue weighted by molar-refractivity contribution is 0.969. The van der Waals surface area contributed by atoms with Crippen molar-refractivity contribution in [3.8, 4) is 11.3 Å². The maximum Gasteiger partial charge on any atom is 0.0499 e. The van der Waals surface area contributed by atoms with Gasteiger partial charge < -0.3 is 10.7 Å². The summed E-state index contributed by atoms with van der Waals surface area (Å²) in [6.45, 7) is 0.647. The van der Waals surface area contributed by atoms with Crippen molar-refractivity contribution in [1.29, 1.82) is 0 Å². The number of benzene rings is 2. The van der Waals surface area contributed by atoms with Crippen molar-refractivity contribution in [2.24, 2.45) is 5.73 Å². The molecule has 0 fully saturated rings. The topological polar surface area (TPSA) is 41.8 Å². The fourth-order valence-electron chi connectivity index (χ4n) is 2.32. The summed E-state index contributed by atoms with van der Waals surface area (Å²) in [5.74, 6) is 0. The van der Waals surface area contributed by atoms with Gasteiger partial charge in [-0.3, -0.25) is 0 Å². The molecule has 0 atom stereocenters. The summed E-state index contributed by atoms with van der Waals surface area (Å²) in [6, 6.07) is 16.4. The first-order valence-electron chi connectivity index (χ1n) is 6.34. The molecular weight excluding hydrogens is 291 g/mol. The molecule has 3 rings (SSSR count). The molecule has 0 saturated carbocycles. The number of halogens is 2. The second-order valence-electron chi connectivity index (χ2n) is 4.62. The highest BCUT2D eigenvalue weighted by Gasteiger charge is 2.08. The smallest absolute Gasteiger partial charge is 0.0499 e. The van der Waals surface area contributed by atoms with E-state index in [0.717, 1.165) is 28.2 Å². The third-order valence-corrected chi connectivity index (χ3v) is 3.61.